The molecule has 2 rings (SSSR count). The molecule has 0 saturated heterocycles. The van der Waals surface area contributed by atoms with Gasteiger partial charge in [0.15, 0.2) is 0 Å². The van der Waals surface area contributed by atoms with Crippen molar-refractivity contribution < 1.29 is 9.50 Å². The summed E-state index contributed by atoms with van der Waals surface area (Å²) in [5, 5.41) is 9.09. The molecule has 0 saturated carbocycles. The number of halogens is 1. The molecular formula is C14H11FO. The molecule has 0 aliphatic heterocycles. The maximum absolute atomic E-state index is 13.7. The van der Waals surface area contributed by atoms with Crippen LogP contribution in [0.1, 0.15) is 11.1 Å². The fraction of sp³-hybridized carbons (Fsp3) is 0. The average Bonchev–Trinajstić information content (AvgIpc) is 2.31. The van der Waals surface area contributed by atoms with E-state index in [4.69, 9.17) is 5.11 Å². The number of hydrogen-bond acceptors (Lipinski definition) is 1. The molecule has 0 atom stereocenters. The van der Waals surface area contributed by atoms with Crippen molar-refractivity contribution >= 4 is 11.9 Å². The van der Waals surface area contributed by atoms with Crippen LogP contribution in [0.3, 0.4) is 0 Å². The second-order valence-corrected chi connectivity index (χ2v) is 3.45. The van der Waals surface area contributed by atoms with E-state index >= 15 is 0 Å². The lowest BCUT2D eigenvalue weighted by molar-refractivity contribution is 0.475. The lowest BCUT2D eigenvalue weighted by Crippen LogP contribution is -1.78. The first kappa shape index (κ1) is 10.4. The zero-order chi connectivity index (χ0) is 11.4. The number of aromatic hydroxyl groups is 1. The van der Waals surface area contributed by atoms with Gasteiger partial charge in [0.25, 0.3) is 0 Å². The molecule has 0 amide bonds. The minimum atomic E-state index is -0.314. The lowest BCUT2D eigenvalue weighted by atomic mass is 10.1. The Kier molecular flexibility index (Phi) is 3.01. The minimum Gasteiger partial charge on any atom is -0.508 e. The van der Waals surface area contributed by atoms with Crippen LogP contribution >= 0.6 is 0 Å². The van der Waals surface area contributed by atoms with Gasteiger partial charge in [-0.1, -0.05) is 30.3 Å². The summed E-state index contributed by atoms with van der Waals surface area (Å²) in [4.78, 5) is 0. The maximum atomic E-state index is 13.7. The Morgan fingerprint density at radius 1 is 0.938 bits per heavy atom. The Bertz CT molecular complexity index is 486. The Labute approximate surface area is 93.5 Å². The first-order valence-corrected chi connectivity index (χ1v) is 4.97. The number of phenols is 1. The zero-order valence-electron chi connectivity index (χ0n) is 8.60. The van der Waals surface area contributed by atoms with Crippen molar-refractivity contribution in [3.8, 4) is 5.75 Å². The highest BCUT2D eigenvalue weighted by Crippen LogP contribution is 2.21. The zero-order valence-corrected chi connectivity index (χ0v) is 8.60. The number of benzene rings is 2. The normalized spacial score (nSPS) is 11.4. The molecule has 2 aromatic carbocycles. The third-order valence-corrected chi connectivity index (χ3v) is 2.24. The van der Waals surface area contributed by atoms with Gasteiger partial charge in [-0.3, -0.25) is 0 Å². The molecule has 80 valence electrons. The van der Waals surface area contributed by atoms with Gasteiger partial charge in [0, 0.05) is 5.56 Å². The summed E-state index contributed by atoms with van der Waals surface area (Å²) < 4.78 is 13.7. The number of phenolic OH excluding ortho intramolecular Hbond substituents is 1. The monoisotopic (exact) mass is 214 g/mol. The van der Waals surface area contributed by atoms with Gasteiger partial charge < -0.3 is 5.11 Å². The molecule has 2 aromatic rings. The van der Waals surface area contributed by atoms with E-state index in [0.717, 1.165) is 5.56 Å². The highest BCUT2D eigenvalue weighted by molar-refractivity contribution is 5.76. The summed E-state index contributed by atoms with van der Waals surface area (Å²) in [5.41, 5.74) is 1.27. The fourth-order valence-electron chi connectivity index (χ4n) is 1.40. The van der Waals surface area contributed by atoms with Crippen LogP contribution in [0.4, 0.5) is 4.39 Å². The Morgan fingerprint density at radius 2 is 1.56 bits per heavy atom. The molecule has 0 spiro atoms. The molecule has 0 heterocycles. The lowest BCUT2D eigenvalue weighted by Gasteiger charge is -1.98. The Morgan fingerprint density at radius 3 is 2.19 bits per heavy atom. The third-order valence-electron chi connectivity index (χ3n) is 2.24. The molecule has 0 aliphatic carbocycles. The second kappa shape index (κ2) is 4.62. The van der Waals surface area contributed by atoms with Crippen molar-refractivity contribution in [1.82, 2.24) is 0 Å². The molecule has 2 heteroatoms. The summed E-state index contributed by atoms with van der Waals surface area (Å²) >= 11 is 0. The van der Waals surface area contributed by atoms with Crippen molar-refractivity contribution in [2.75, 3.05) is 0 Å². The van der Waals surface area contributed by atoms with Gasteiger partial charge in [-0.15, -0.1) is 0 Å². The van der Waals surface area contributed by atoms with E-state index < -0.39 is 0 Å². The van der Waals surface area contributed by atoms with E-state index in [9.17, 15) is 4.39 Å². The summed E-state index contributed by atoms with van der Waals surface area (Å²) in [5.74, 6) is -0.178. The van der Waals surface area contributed by atoms with Gasteiger partial charge in [-0.05, 0) is 35.9 Å². The average molecular weight is 214 g/mol. The van der Waals surface area contributed by atoms with Crippen LogP contribution < -0.4 is 0 Å². The van der Waals surface area contributed by atoms with Crippen LogP contribution in [0.5, 0.6) is 5.75 Å². The van der Waals surface area contributed by atoms with Gasteiger partial charge >= 0.3 is 0 Å². The third kappa shape index (κ3) is 2.48. The van der Waals surface area contributed by atoms with Crippen LogP contribution in [0.25, 0.3) is 11.9 Å². The molecule has 1 N–H and O–H groups in total. The van der Waals surface area contributed by atoms with Crippen LogP contribution in [0.2, 0.25) is 0 Å². The number of hydrogen-bond donors (Lipinski definition) is 1. The van der Waals surface area contributed by atoms with Crippen molar-refractivity contribution in [3.05, 3.63) is 65.7 Å². The van der Waals surface area contributed by atoms with Gasteiger partial charge in [0.1, 0.15) is 11.6 Å². The first-order valence-electron chi connectivity index (χ1n) is 4.97. The molecule has 0 unspecified atom stereocenters. The Hall–Kier alpha value is -2.09. The standard InChI is InChI=1S/C14H11FO/c15-14(10-11-4-2-1-3-5-11)12-6-8-13(16)9-7-12/h1-10,16H. The first-order chi connectivity index (χ1) is 7.75. The SMILES string of the molecule is Oc1ccc(C(F)=Cc2ccccc2)cc1. The van der Waals surface area contributed by atoms with Gasteiger partial charge in [0.2, 0.25) is 0 Å². The van der Waals surface area contributed by atoms with E-state index in [1.807, 2.05) is 30.3 Å². The van der Waals surface area contributed by atoms with Gasteiger partial charge in [0.05, 0.1) is 0 Å². The van der Waals surface area contributed by atoms with E-state index in [0.29, 0.717) is 5.56 Å². The smallest absolute Gasteiger partial charge is 0.131 e. The van der Waals surface area contributed by atoms with Crippen molar-refractivity contribution in [2.24, 2.45) is 0 Å². The summed E-state index contributed by atoms with van der Waals surface area (Å²) in [6, 6.07) is 15.3. The topological polar surface area (TPSA) is 20.2 Å². The quantitative estimate of drug-likeness (QED) is 0.752. The van der Waals surface area contributed by atoms with Crippen LogP contribution in [0.15, 0.2) is 54.6 Å². The second-order valence-electron chi connectivity index (χ2n) is 3.45. The van der Waals surface area contributed by atoms with Crippen molar-refractivity contribution in [2.45, 2.75) is 0 Å². The molecule has 1 nitrogen and oxygen atoms in total. The van der Waals surface area contributed by atoms with Crippen LogP contribution in [0, 0.1) is 0 Å². The fourth-order valence-corrected chi connectivity index (χ4v) is 1.40. The van der Waals surface area contributed by atoms with E-state index in [1.165, 1.54) is 18.2 Å². The molecule has 0 radical (unpaired) electrons. The van der Waals surface area contributed by atoms with E-state index in [1.54, 1.807) is 12.1 Å². The predicted molar refractivity (Wildman–Crippen MR) is 63.5 cm³/mol. The molecule has 0 aliphatic rings. The largest absolute Gasteiger partial charge is 0.508 e. The van der Waals surface area contributed by atoms with Crippen LogP contribution in [-0.2, 0) is 0 Å². The predicted octanol–water partition coefficient (Wildman–Crippen LogP) is 3.86. The molecule has 0 bridgehead atoms. The Balaban J connectivity index is 2.28. The summed E-state index contributed by atoms with van der Waals surface area (Å²) in [6.45, 7) is 0. The van der Waals surface area contributed by atoms with Crippen molar-refractivity contribution in [3.63, 3.8) is 0 Å². The molecule has 0 fully saturated rings. The van der Waals surface area contributed by atoms with Crippen molar-refractivity contribution in [1.29, 1.82) is 0 Å². The molecular weight excluding hydrogens is 203 g/mol. The van der Waals surface area contributed by atoms with E-state index in [2.05, 4.69) is 0 Å². The molecule has 0 aromatic heterocycles. The molecule has 16 heavy (non-hydrogen) atoms. The minimum absolute atomic E-state index is 0.135. The summed E-state index contributed by atoms with van der Waals surface area (Å²) in [6.07, 6.45) is 1.46. The van der Waals surface area contributed by atoms with E-state index in [-0.39, 0.29) is 11.6 Å². The maximum Gasteiger partial charge on any atom is 0.131 e. The van der Waals surface area contributed by atoms with Gasteiger partial charge in [-0.25, -0.2) is 4.39 Å². The number of rotatable bonds is 2. The highest BCUT2D eigenvalue weighted by Gasteiger charge is 1.99. The van der Waals surface area contributed by atoms with Gasteiger partial charge in [-0.2, -0.15) is 0 Å². The van der Waals surface area contributed by atoms with Crippen LogP contribution in [-0.4, -0.2) is 5.11 Å². The summed E-state index contributed by atoms with van der Waals surface area (Å²) in [7, 11) is 0. The highest BCUT2D eigenvalue weighted by atomic mass is 19.1.